The van der Waals surface area contributed by atoms with Crippen LogP contribution in [0.2, 0.25) is 0 Å². The van der Waals surface area contributed by atoms with E-state index in [1.54, 1.807) is 0 Å². The summed E-state index contributed by atoms with van der Waals surface area (Å²) < 4.78 is 0. The molecule has 0 spiro atoms. The molecule has 1 aromatic heterocycles. The second-order valence-electron chi connectivity index (χ2n) is 3.69. The third-order valence-corrected chi connectivity index (χ3v) is 2.32. The molecule has 0 bridgehead atoms. The first-order valence-corrected chi connectivity index (χ1v) is 5.32. The fourth-order valence-corrected chi connectivity index (χ4v) is 1.76. The van der Waals surface area contributed by atoms with E-state index in [0.717, 1.165) is 12.8 Å². The maximum absolute atomic E-state index is 4.42. The molecule has 76 valence electrons. The average molecular weight is 189 g/mol. The van der Waals surface area contributed by atoms with E-state index < -0.39 is 0 Å². The molecular formula is C13H19N. The zero-order chi connectivity index (χ0) is 10.6. The van der Waals surface area contributed by atoms with Gasteiger partial charge in [0.2, 0.25) is 0 Å². The fourth-order valence-electron chi connectivity index (χ4n) is 1.76. The Hall–Kier alpha value is -1.11. The molecule has 0 fully saturated rings. The molecule has 0 saturated heterocycles. The summed E-state index contributed by atoms with van der Waals surface area (Å²) in [6.07, 6.45) is 6.26. The van der Waals surface area contributed by atoms with E-state index in [1.807, 2.05) is 6.20 Å². The standard InChI is InChI=1S/C13H19N/c1-5-7-11-8-9-14-12(6-2)13(11)10(3)4/h7-9H,5-6H2,1-4H3/b11-7-. The molecule has 0 aliphatic carbocycles. The van der Waals surface area contributed by atoms with Crippen LogP contribution in [-0.4, -0.2) is 4.98 Å². The summed E-state index contributed by atoms with van der Waals surface area (Å²) in [6.45, 7) is 8.64. The highest BCUT2D eigenvalue weighted by molar-refractivity contribution is 5.42. The van der Waals surface area contributed by atoms with Crippen molar-refractivity contribution in [3.05, 3.63) is 28.4 Å². The van der Waals surface area contributed by atoms with Crippen molar-refractivity contribution in [2.75, 3.05) is 0 Å². The van der Waals surface area contributed by atoms with Gasteiger partial charge in [0, 0.05) is 17.1 Å². The SMILES string of the molecule is CC/C=c1/ccnc(CC)c1=C(C)C. The summed E-state index contributed by atoms with van der Waals surface area (Å²) in [5.74, 6) is 0. The van der Waals surface area contributed by atoms with E-state index >= 15 is 0 Å². The van der Waals surface area contributed by atoms with E-state index in [-0.39, 0.29) is 0 Å². The molecule has 0 saturated carbocycles. The minimum Gasteiger partial charge on any atom is -0.261 e. The Bertz CT molecular complexity index is 411. The van der Waals surface area contributed by atoms with Crippen molar-refractivity contribution in [3.8, 4) is 0 Å². The van der Waals surface area contributed by atoms with Crippen LogP contribution >= 0.6 is 0 Å². The molecule has 1 aromatic rings. The van der Waals surface area contributed by atoms with Gasteiger partial charge in [0.05, 0.1) is 0 Å². The van der Waals surface area contributed by atoms with Crippen LogP contribution < -0.4 is 10.4 Å². The molecule has 0 amide bonds. The number of rotatable bonds is 2. The van der Waals surface area contributed by atoms with Crippen LogP contribution in [0.25, 0.3) is 11.6 Å². The van der Waals surface area contributed by atoms with Crippen molar-refractivity contribution >= 4 is 11.6 Å². The van der Waals surface area contributed by atoms with Crippen LogP contribution in [0.1, 0.15) is 39.8 Å². The van der Waals surface area contributed by atoms with Gasteiger partial charge in [-0.25, -0.2) is 0 Å². The molecule has 1 nitrogen and oxygen atoms in total. The zero-order valence-electron chi connectivity index (χ0n) is 9.59. The minimum atomic E-state index is 1.01. The summed E-state index contributed by atoms with van der Waals surface area (Å²) in [4.78, 5) is 4.42. The molecule has 0 radical (unpaired) electrons. The lowest BCUT2D eigenvalue weighted by atomic mass is 10.1. The summed E-state index contributed by atoms with van der Waals surface area (Å²) in [5.41, 5.74) is 2.57. The molecule has 0 atom stereocenters. The average Bonchev–Trinajstić information content (AvgIpc) is 2.17. The van der Waals surface area contributed by atoms with Crippen LogP contribution in [0.4, 0.5) is 0 Å². The molecule has 1 heterocycles. The topological polar surface area (TPSA) is 12.9 Å². The van der Waals surface area contributed by atoms with Crippen molar-refractivity contribution in [3.63, 3.8) is 0 Å². The molecule has 0 unspecified atom stereocenters. The van der Waals surface area contributed by atoms with Crippen molar-refractivity contribution in [2.24, 2.45) is 0 Å². The molecule has 1 heteroatoms. The predicted octanol–water partition coefficient (Wildman–Crippen LogP) is 2.02. The predicted molar refractivity (Wildman–Crippen MR) is 62.4 cm³/mol. The highest BCUT2D eigenvalue weighted by Crippen LogP contribution is 1.90. The Morgan fingerprint density at radius 1 is 1.36 bits per heavy atom. The van der Waals surface area contributed by atoms with Gasteiger partial charge < -0.3 is 0 Å². The molecular weight excluding hydrogens is 170 g/mol. The Kier molecular flexibility index (Phi) is 3.87. The second-order valence-corrected chi connectivity index (χ2v) is 3.69. The van der Waals surface area contributed by atoms with Crippen molar-refractivity contribution < 1.29 is 0 Å². The van der Waals surface area contributed by atoms with E-state index in [0.29, 0.717) is 0 Å². The molecule has 0 N–H and O–H groups in total. The van der Waals surface area contributed by atoms with E-state index in [4.69, 9.17) is 0 Å². The smallest absolute Gasteiger partial charge is 0.0478 e. The summed E-state index contributed by atoms with van der Waals surface area (Å²) in [5, 5.41) is 2.68. The number of pyridine rings is 1. The Labute approximate surface area is 86.2 Å². The molecule has 0 aromatic carbocycles. The maximum atomic E-state index is 4.42. The molecule has 14 heavy (non-hydrogen) atoms. The Morgan fingerprint density at radius 2 is 2.07 bits per heavy atom. The number of aromatic nitrogens is 1. The van der Waals surface area contributed by atoms with E-state index in [1.165, 1.54) is 21.7 Å². The number of hydrogen-bond acceptors (Lipinski definition) is 1. The van der Waals surface area contributed by atoms with Gasteiger partial charge >= 0.3 is 0 Å². The van der Waals surface area contributed by atoms with Gasteiger partial charge in [-0.05, 0) is 38.0 Å². The third-order valence-electron chi connectivity index (χ3n) is 2.32. The van der Waals surface area contributed by atoms with Gasteiger partial charge in [0.15, 0.2) is 0 Å². The summed E-state index contributed by atoms with van der Waals surface area (Å²) in [6, 6.07) is 2.10. The highest BCUT2D eigenvalue weighted by Gasteiger charge is 1.96. The first-order chi connectivity index (χ1) is 6.70. The monoisotopic (exact) mass is 189 g/mol. The molecule has 1 rings (SSSR count). The lowest BCUT2D eigenvalue weighted by Crippen LogP contribution is -2.31. The van der Waals surface area contributed by atoms with Crippen molar-refractivity contribution in [1.29, 1.82) is 0 Å². The van der Waals surface area contributed by atoms with Crippen LogP contribution in [0.5, 0.6) is 0 Å². The first kappa shape index (κ1) is 11.0. The lowest BCUT2D eigenvalue weighted by molar-refractivity contribution is 1.00. The minimum absolute atomic E-state index is 1.01. The first-order valence-electron chi connectivity index (χ1n) is 5.32. The number of hydrogen-bond donors (Lipinski definition) is 0. The molecule has 0 aliphatic rings. The van der Waals surface area contributed by atoms with Gasteiger partial charge in [0.1, 0.15) is 0 Å². The Balaban J connectivity index is 3.63. The summed E-state index contributed by atoms with van der Waals surface area (Å²) >= 11 is 0. The van der Waals surface area contributed by atoms with Crippen LogP contribution in [0.3, 0.4) is 0 Å². The third kappa shape index (κ3) is 2.22. The van der Waals surface area contributed by atoms with Crippen LogP contribution in [0, 0.1) is 0 Å². The normalized spacial score (nSPS) is 11.9. The quantitative estimate of drug-likeness (QED) is 0.693. The van der Waals surface area contributed by atoms with Crippen LogP contribution in [-0.2, 0) is 6.42 Å². The summed E-state index contributed by atoms with van der Waals surface area (Å²) in [7, 11) is 0. The lowest BCUT2D eigenvalue weighted by Gasteiger charge is -2.01. The van der Waals surface area contributed by atoms with Gasteiger partial charge in [-0.15, -0.1) is 0 Å². The van der Waals surface area contributed by atoms with Gasteiger partial charge in [-0.3, -0.25) is 4.98 Å². The van der Waals surface area contributed by atoms with E-state index in [2.05, 4.69) is 44.8 Å². The zero-order valence-corrected chi connectivity index (χ0v) is 9.59. The largest absolute Gasteiger partial charge is 0.261 e. The van der Waals surface area contributed by atoms with E-state index in [9.17, 15) is 0 Å². The Morgan fingerprint density at radius 3 is 2.57 bits per heavy atom. The second kappa shape index (κ2) is 4.94. The molecule has 0 aliphatic heterocycles. The maximum Gasteiger partial charge on any atom is 0.0478 e. The van der Waals surface area contributed by atoms with Crippen molar-refractivity contribution in [1.82, 2.24) is 4.98 Å². The van der Waals surface area contributed by atoms with Crippen molar-refractivity contribution in [2.45, 2.75) is 40.5 Å². The van der Waals surface area contributed by atoms with Gasteiger partial charge in [-0.2, -0.15) is 0 Å². The van der Waals surface area contributed by atoms with Gasteiger partial charge in [-0.1, -0.05) is 25.5 Å². The van der Waals surface area contributed by atoms with Crippen LogP contribution in [0.15, 0.2) is 12.3 Å². The van der Waals surface area contributed by atoms with Gasteiger partial charge in [0.25, 0.3) is 0 Å². The highest BCUT2D eigenvalue weighted by atomic mass is 14.7. The number of nitrogens with zero attached hydrogens (tertiary/aromatic N) is 1. The fraction of sp³-hybridized carbons (Fsp3) is 0.462. The number of aryl methyl sites for hydroxylation is 1.